The average Bonchev–Trinajstić information content (AvgIpc) is 3.83. The Bertz CT molecular complexity index is 1920. The molecule has 1 unspecified atom stereocenters. The quantitative estimate of drug-likeness (QED) is 0.147. The van der Waals surface area contributed by atoms with Crippen molar-refractivity contribution in [2.45, 2.75) is 25.8 Å². The van der Waals surface area contributed by atoms with Crippen LogP contribution in [0.2, 0.25) is 0 Å². The molecule has 0 bridgehead atoms. The fraction of sp³-hybridized carbons (Fsp3) is 0.212. The standard InChI is InChI=1S/C33H33N7O4/c1-22-11-12-24(37(2)29(41)10-7-19-40(3,43)25-15-16-25)20-28(22)39-32-30(31(34)35-21-36-32)38(33(39)42)23-13-17-27(18-14-23)44-26-8-5-4-6-9-26/h4-14,17-18,20-21,25H,15-16,19H2,1-3H3,(H2,34,35,36)/b10-7+. The SMILES string of the molecule is Cc1ccc(N(C)C(=O)/C=C/C[N+](C)([O-])C2CC2)cc1-n1c(=O)n(-c2ccc(Oc3ccccc3)cc2)c2c(N)ncnc21. The lowest BCUT2D eigenvalue weighted by Crippen LogP contribution is -2.40. The van der Waals surface area contributed by atoms with Crippen molar-refractivity contribution in [3.63, 3.8) is 0 Å². The molecule has 11 nitrogen and oxygen atoms in total. The van der Waals surface area contributed by atoms with Crippen molar-refractivity contribution >= 4 is 28.6 Å². The molecule has 1 amide bonds. The number of rotatable bonds is 9. The van der Waals surface area contributed by atoms with Gasteiger partial charge in [-0.05, 0) is 67.1 Å². The van der Waals surface area contributed by atoms with Crippen molar-refractivity contribution < 1.29 is 14.2 Å². The maximum atomic E-state index is 14.1. The summed E-state index contributed by atoms with van der Waals surface area (Å²) in [6, 6.07) is 22.0. The van der Waals surface area contributed by atoms with Gasteiger partial charge in [-0.25, -0.2) is 19.3 Å². The molecule has 2 aromatic heterocycles. The number of ether oxygens (including phenoxy) is 1. The maximum absolute atomic E-state index is 14.1. The third-order valence-corrected chi connectivity index (χ3v) is 7.92. The second-order valence-electron chi connectivity index (χ2n) is 11.2. The summed E-state index contributed by atoms with van der Waals surface area (Å²) in [5.41, 5.74) is 9.06. The van der Waals surface area contributed by atoms with E-state index in [0.717, 1.165) is 18.4 Å². The van der Waals surface area contributed by atoms with Crippen molar-refractivity contribution in [1.82, 2.24) is 19.1 Å². The number of nitrogens with zero attached hydrogens (tertiary/aromatic N) is 6. The number of hydrogen-bond donors (Lipinski definition) is 1. The highest BCUT2D eigenvalue weighted by atomic mass is 16.5. The lowest BCUT2D eigenvalue weighted by molar-refractivity contribution is -0.865. The molecule has 6 rings (SSSR count). The predicted molar refractivity (Wildman–Crippen MR) is 170 cm³/mol. The zero-order chi connectivity index (χ0) is 31.0. The molecule has 0 saturated heterocycles. The largest absolute Gasteiger partial charge is 0.633 e. The summed E-state index contributed by atoms with van der Waals surface area (Å²) in [4.78, 5) is 37.2. The Kier molecular flexibility index (Phi) is 7.50. The van der Waals surface area contributed by atoms with Crippen LogP contribution in [0, 0.1) is 12.1 Å². The molecule has 1 aliphatic rings. The van der Waals surface area contributed by atoms with Crippen LogP contribution in [-0.2, 0) is 4.79 Å². The number of para-hydroxylation sites is 1. The van der Waals surface area contributed by atoms with E-state index in [1.54, 1.807) is 50.5 Å². The number of anilines is 2. The van der Waals surface area contributed by atoms with Crippen LogP contribution in [0.15, 0.2) is 96.1 Å². The van der Waals surface area contributed by atoms with Gasteiger partial charge in [-0.15, -0.1) is 0 Å². The molecular formula is C33H33N7O4. The number of hydrogen-bond acceptors (Lipinski definition) is 7. The van der Waals surface area contributed by atoms with Gasteiger partial charge in [0, 0.05) is 31.7 Å². The summed E-state index contributed by atoms with van der Waals surface area (Å²) in [7, 11) is 3.29. The highest BCUT2D eigenvalue weighted by Gasteiger charge is 2.34. The van der Waals surface area contributed by atoms with E-state index in [1.165, 1.54) is 26.4 Å². The number of fused-ring (bicyclic) bond motifs is 1. The molecule has 11 heteroatoms. The minimum Gasteiger partial charge on any atom is -0.633 e. The second-order valence-corrected chi connectivity index (χ2v) is 11.2. The molecule has 5 aromatic rings. The van der Waals surface area contributed by atoms with Crippen LogP contribution < -0.4 is 21.1 Å². The van der Waals surface area contributed by atoms with Crippen molar-refractivity contribution in [2.75, 3.05) is 31.3 Å². The van der Waals surface area contributed by atoms with Gasteiger partial charge in [0.25, 0.3) is 5.91 Å². The number of hydroxylamine groups is 3. The molecule has 1 fully saturated rings. The molecule has 1 atom stereocenters. The Morgan fingerprint density at radius 1 is 1.07 bits per heavy atom. The number of imidazole rings is 1. The first-order valence-corrected chi connectivity index (χ1v) is 14.3. The van der Waals surface area contributed by atoms with Gasteiger partial charge in [0.1, 0.15) is 23.3 Å². The summed E-state index contributed by atoms with van der Waals surface area (Å²) in [6.07, 6.45) is 6.22. The van der Waals surface area contributed by atoms with Gasteiger partial charge in [-0.2, -0.15) is 0 Å². The van der Waals surface area contributed by atoms with E-state index in [0.29, 0.717) is 39.7 Å². The van der Waals surface area contributed by atoms with E-state index in [4.69, 9.17) is 10.5 Å². The first kappa shape index (κ1) is 28.8. The average molecular weight is 592 g/mol. The zero-order valence-corrected chi connectivity index (χ0v) is 24.8. The monoisotopic (exact) mass is 591 g/mol. The number of nitrogens with two attached hydrogens (primary N) is 1. The fourth-order valence-electron chi connectivity index (χ4n) is 5.21. The summed E-state index contributed by atoms with van der Waals surface area (Å²) >= 11 is 0. The number of likely N-dealkylation sites (N-methyl/N-ethyl adjacent to an activating group) is 2. The van der Waals surface area contributed by atoms with Crippen LogP contribution in [0.5, 0.6) is 11.5 Å². The molecule has 44 heavy (non-hydrogen) atoms. The number of carbonyl (C=O) groups is 1. The number of aryl methyl sites for hydroxylation is 1. The summed E-state index contributed by atoms with van der Waals surface area (Å²) in [5, 5.41) is 12.6. The van der Waals surface area contributed by atoms with Gasteiger partial charge in [0.05, 0.1) is 31.0 Å². The van der Waals surface area contributed by atoms with E-state index in [-0.39, 0.29) is 29.0 Å². The molecule has 0 aliphatic heterocycles. The van der Waals surface area contributed by atoms with Gasteiger partial charge in [0.2, 0.25) is 0 Å². The van der Waals surface area contributed by atoms with Crippen LogP contribution in [0.1, 0.15) is 18.4 Å². The Morgan fingerprint density at radius 2 is 1.77 bits per heavy atom. The summed E-state index contributed by atoms with van der Waals surface area (Å²) < 4.78 is 8.49. The lowest BCUT2D eigenvalue weighted by Gasteiger charge is -2.38. The third-order valence-electron chi connectivity index (χ3n) is 7.92. The van der Waals surface area contributed by atoms with Crippen LogP contribution in [0.3, 0.4) is 0 Å². The van der Waals surface area contributed by atoms with Crippen molar-refractivity contribution in [1.29, 1.82) is 0 Å². The van der Waals surface area contributed by atoms with Crippen LogP contribution in [0.25, 0.3) is 22.5 Å². The predicted octanol–water partition coefficient (Wildman–Crippen LogP) is 4.88. The third kappa shape index (κ3) is 5.58. The van der Waals surface area contributed by atoms with Gasteiger partial charge < -0.3 is 25.2 Å². The van der Waals surface area contributed by atoms with E-state index in [1.807, 2.05) is 49.4 Å². The Hall–Kier alpha value is -5.26. The number of aromatic nitrogens is 4. The van der Waals surface area contributed by atoms with Crippen molar-refractivity contribution in [3.05, 3.63) is 113 Å². The Labute approximate surface area is 254 Å². The van der Waals surface area contributed by atoms with Crippen LogP contribution in [0.4, 0.5) is 11.5 Å². The Balaban J connectivity index is 1.35. The van der Waals surface area contributed by atoms with E-state index in [9.17, 15) is 14.8 Å². The van der Waals surface area contributed by atoms with Crippen LogP contribution in [-0.4, -0.2) is 56.3 Å². The molecule has 2 N–H and O–H groups in total. The summed E-state index contributed by atoms with van der Waals surface area (Å²) in [5.74, 6) is 1.17. The number of quaternary nitrogens is 1. The van der Waals surface area contributed by atoms with Gasteiger partial charge in [-0.1, -0.05) is 24.3 Å². The van der Waals surface area contributed by atoms with E-state index < -0.39 is 5.69 Å². The maximum Gasteiger partial charge on any atom is 0.339 e. The van der Waals surface area contributed by atoms with Gasteiger partial charge in [0.15, 0.2) is 11.5 Å². The smallest absolute Gasteiger partial charge is 0.339 e. The number of carbonyl (C=O) groups excluding carboxylic acids is 1. The first-order valence-electron chi connectivity index (χ1n) is 14.3. The number of amides is 1. The minimum atomic E-state index is -0.398. The van der Waals surface area contributed by atoms with Gasteiger partial charge >= 0.3 is 5.69 Å². The normalized spacial score (nSPS) is 14.5. The molecular weight excluding hydrogens is 558 g/mol. The first-order chi connectivity index (χ1) is 21.1. The van der Waals surface area contributed by atoms with Gasteiger partial charge in [-0.3, -0.25) is 9.36 Å². The molecule has 0 spiro atoms. The van der Waals surface area contributed by atoms with Crippen molar-refractivity contribution in [2.24, 2.45) is 0 Å². The fourth-order valence-corrected chi connectivity index (χ4v) is 5.21. The molecule has 1 aliphatic carbocycles. The highest BCUT2D eigenvalue weighted by Crippen LogP contribution is 2.31. The topological polar surface area (TPSA) is 131 Å². The van der Waals surface area contributed by atoms with E-state index in [2.05, 4.69) is 9.97 Å². The molecule has 0 radical (unpaired) electrons. The van der Waals surface area contributed by atoms with Crippen LogP contribution >= 0.6 is 0 Å². The second kappa shape index (κ2) is 11.4. The molecule has 224 valence electrons. The highest BCUT2D eigenvalue weighted by molar-refractivity contribution is 6.01. The number of nitrogen functional groups attached to an aromatic ring is 1. The van der Waals surface area contributed by atoms with E-state index >= 15 is 0 Å². The number of benzene rings is 3. The lowest BCUT2D eigenvalue weighted by atomic mass is 10.1. The Morgan fingerprint density at radius 3 is 2.48 bits per heavy atom. The zero-order valence-electron chi connectivity index (χ0n) is 24.8. The molecule has 1 saturated carbocycles. The molecule has 3 aromatic carbocycles. The summed E-state index contributed by atoms with van der Waals surface area (Å²) in [6.45, 7) is 2.11. The molecule has 2 heterocycles. The minimum absolute atomic E-state index is 0.117. The van der Waals surface area contributed by atoms with Crippen molar-refractivity contribution in [3.8, 4) is 22.9 Å².